The number of amides is 1. The number of rotatable bonds is 4. The molecule has 7 heteroatoms. The molecule has 1 aliphatic heterocycles. The molecular formula is C22H28N2O4S. The number of carbonyl (C=O) groups is 1. The van der Waals surface area contributed by atoms with Crippen LogP contribution in [-0.2, 0) is 14.8 Å². The Hall–Kier alpha value is -2.22. The number of hydrogen-bond donors (Lipinski definition) is 1. The second-order valence-electron chi connectivity index (χ2n) is 7.83. The average molecular weight is 417 g/mol. The number of nitrogens with one attached hydrogen (secondary N) is 1. The van der Waals surface area contributed by atoms with Crippen LogP contribution in [0.4, 0.5) is 5.69 Å². The lowest BCUT2D eigenvalue weighted by Crippen LogP contribution is -2.48. The number of aryl methyl sites for hydroxylation is 3. The van der Waals surface area contributed by atoms with Crippen LogP contribution in [0.5, 0.6) is 0 Å². The number of sulfonamides is 1. The van der Waals surface area contributed by atoms with Gasteiger partial charge in [-0.2, -0.15) is 4.31 Å². The molecule has 1 amide bonds. The molecular weight excluding hydrogens is 388 g/mol. The molecule has 0 aromatic heterocycles. The van der Waals surface area contributed by atoms with E-state index >= 15 is 0 Å². The normalized spacial score (nSPS) is 20.4. The molecule has 0 aliphatic carbocycles. The van der Waals surface area contributed by atoms with E-state index < -0.39 is 10.0 Å². The number of hydrogen-bond acceptors (Lipinski definition) is 4. The number of ether oxygens (including phenoxy) is 1. The fourth-order valence-electron chi connectivity index (χ4n) is 3.82. The predicted molar refractivity (Wildman–Crippen MR) is 114 cm³/mol. The molecule has 1 aliphatic rings. The van der Waals surface area contributed by atoms with Gasteiger partial charge in [0.05, 0.1) is 17.1 Å². The van der Waals surface area contributed by atoms with E-state index in [9.17, 15) is 13.2 Å². The van der Waals surface area contributed by atoms with Crippen LogP contribution in [0.3, 0.4) is 0 Å². The lowest BCUT2D eigenvalue weighted by molar-refractivity contribution is -0.0440. The summed E-state index contributed by atoms with van der Waals surface area (Å²) in [5.74, 6) is -0.266. The second kappa shape index (κ2) is 8.26. The molecule has 1 saturated heterocycles. The zero-order valence-corrected chi connectivity index (χ0v) is 18.3. The Kier molecular flexibility index (Phi) is 6.12. The van der Waals surface area contributed by atoms with Crippen LogP contribution in [0.2, 0.25) is 0 Å². The van der Waals surface area contributed by atoms with E-state index in [1.54, 1.807) is 12.1 Å². The SMILES string of the molecule is Cc1cc(C)c(NC(=O)c2ccc(S(=O)(=O)N3C[C@H](C)O[C@@H](C)C3)cc2)c(C)c1. The third-order valence-electron chi connectivity index (χ3n) is 5.06. The minimum atomic E-state index is -3.63. The van der Waals surface area contributed by atoms with E-state index in [0.29, 0.717) is 18.7 Å². The molecule has 2 aromatic rings. The van der Waals surface area contributed by atoms with Gasteiger partial charge < -0.3 is 10.1 Å². The van der Waals surface area contributed by atoms with Crippen molar-refractivity contribution >= 4 is 21.6 Å². The fourth-order valence-corrected chi connectivity index (χ4v) is 5.41. The molecule has 0 radical (unpaired) electrons. The molecule has 156 valence electrons. The molecule has 0 bridgehead atoms. The molecule has 0 saturated carbocycles. The van der Waals surface area contributed by atoms with Crippen LogP contribution in [-0.4, -0.2) is 43.9 Å². The zero-order chi connectivity index (χ0) is 21.3. The first-order valence-corrected chi connectivity index (χ1v) is 11.2. The lowest BCUT2D eigenvalue weighted by atomic mass is 10.0. The minimum absolute atomic E-state index is 0.153. The van der Waals surface area contributed by atoms with Crippen molar-refractivity contribution in [1.82, 2.24) is 4.31 Å². The molecule has 2 aromatic carbocycles. The van der Waals surface area contributed by atoms with Gasteiger partial charge in [-0.25, -0.2) is 8.42 Å². The molecule has 0 spiro atoms. The van der Waals surface area contributed by atoms with E-state index in [1.807, 2.05) is 46.8 Å². The highest BCUT2D eigenvalue weighted by molar-refractivity contribution is 7.89. The van der Waals surface area contributed by atoms with E-state index in [-0.39, 0.29) is 23.0 Å². The minimum Gasteiger partial charge on any atom is -0.373 e. The quantitative estimate of drug-likeness (QED) is 0.825. The summed E-state index contributed by atoms with van der Waals surface area (Å²) >= 11 is 0. The zero-order valence-electron chi connectivity index (χ0n) is 17.5. The van der Waals surface area contributed by atoms with Gasteiger partial charge in [-0.05, 0) is 70.0 Å². The van der Waals surface area contributed by atoms with Crippen LogP contribution < -0.4 is 5.32 Å². The van der Waals surface area contributed by atoms with Gasteiger partial charge >= 0.3 is 0 Å². The van der Waals surface area contributed by atoms with Crippen molar-refractivity contribution in [3.05, 3.63) is 58.7 Å². The molecule has 0 unspecified atom stereocenters. The van der Waals surface area contributed by atoms with Crippen LogP contribution in [0.25, 0.3) is 0 Å². The maximum atomic E-state index is 12.9. The molecule has 3 rings (SSSR count). The Balaban J connectivity index is 1.78. The third-order valence-corrected chi connectivity index (χ3v) is 6.90. The van der Waals surface area contributed by atoms with E-state index in [4.69, 9.17) is 4.74 Å². The molecule has 1 fully saturated rings. The van der Waals surface area contributed by atoms with E-state index in [0.717, 1.165) is 22.4 Å². The molecule has 2 atom stereocenters. The van der Waals surface area contributed by atoms with Crippen molar-refractivity contribution in [3.8, 4) is 0 Å². The van der Waals surface area contributed by atoms with Crippen molar-refractivity contribution in [3.63, 3.8) is 0 Å². The van der Waals surface area contributed by atoms with Crippen LogP contribution in [0.1, 0.15) is 40.9 Å². The van der Waals surface area contributed by atoms with Crippen molar-refractivity contribution in [2.75, 3.05) is 18.4 Å². The summed E-state index contributed by atoms with van der Waals surface area (Å²) in [6.45, 7) is 10.3. The van der Waals surface area contributed by atoms with Gasteiger partial charge in [0.1, 0.15) is 0 Å². The smallest absolute Gasteiger partial charge is 0.255 e. The van der Waals surface area contributed by atoms with Gasteiger partial charge in [0, 0.05) is 24.3 Å². The Morgan fingerprint density at radius 1 is 1.00 bits per heavy atom. The first-order valence-electron chi connectivity index (χ1n) is 9.73. The summed E-state index contributed by atoms with van der Waals surface area (Å²) in [4.78, 5) is 12.8. The first kappa shape index (κ1) is 21.5. The monoisotopic (exact) mass is 416 g/mol. The third kappa shape index (κ3) is 4.69. The van der Waals surface area contributed by atoms with Crippen molar-refractivity contribution < 1.29 is 17.9 Å². The molecule has 1 heterocycles. The largest absolute Gasteiger partial charge is 0.373 e. The Morgan fingerprint density at radius 3 is 2.03 bits per heavy atom. The first-order chi connectivity index (χ1) is 13.6. The lowest BCUT2D eigenvalue weighted by Gasteiger charge is -2.34. The van der Waals surface area contributed by atoms with Gasteiger partial charge in [0.25, 0.3) is 5.91 Å². The van der Waals surface area contributed by atoms with Gasteiger partial charge in [-0.1, -0.05) is 17.7 Å². The van der Waals surface area contributed by atoms with Crippen molar-refractivity contribution in [1.29, 1.82) is 0 Å². The summed E-state index contributed by atoms with van der Waals surface area (Å²) in [5, 5.41) is 2.94. The second-order valence-corrected chi connectivity index (χ2v) is 9.77. The van der Waals surface area contributed by atoms with E-state index in [1.165, 1.54) is 16.4 Å². The van der Waals surface area contributed by atoms with Crippen molar-refractivity contribution in [2.45, 2.75) is 51.7 Å². The highest BCUT2D eigenvalue weighted by Gasteiger charge is 2.32. The molecule has 6 nitrogen and oxygen atoms in total. The van der Waals surface area contributed by atoms with Crippen LogP contribution >= 0.6 is 0 Å². The van der Waals surface area contributed by atoms with Crippen LogP contribution in [0.15, 0.2) is 41.3 Å². The molecule has 29 heavy (non-hydrogen) atoms. The highest BCUT2D eigenvalue weighted by atomic mass is 32.2. The van der Waals surface area contributed by atoms with Gasteiger partial charge in [0.2, 0.25) is 10.0 Å². The number of benzene rings is 2. The van der Waals surface area contributed by atoms with Crippen molar-refractivity contribution in [2.24, 2.45) is 0 Å². The van der Waals surface area contributed by atoms with Gasteiger partial charge in [0.15, 0.2) is 0 Å². The van der Waals surface area contributed by atoms with Gasteiger partial charge in [-0.15, -0.1) is 0 Å². The molecule has 1 N–H and O–H groups in total. The number of nitrogens with zero attached hydrogens (tertiary/aromatic N) is 1. The topological polar surface area (TPSA) is 75.7 Å². The fraction of sp³-hybridized carbons (Fsp3) is 0.409. The van der Waals surface area contributed by atoms with Gasteiger partial charge in [-0.3, -0.25) is 4.79 Å². The highest BCUT2D eigenvalue weighted by Crippen LogP contribution is 2.24. The maximum absolute atomic E-state index is 12.9. The maximum Gasteiger partial charge on any atom is 0.255 e. The summed E-state index contributed by atoms with van der Waals surface area (Å²) in [6, 6.07) is 10.1. The number of carbonyl (C=O) groups excluding carboxylic acids is 1. The predicted octanol–water partition coefficient (Wildman–Crippen LogP) is 3.66. The summed E-state index contributed by atoms with van der Waals surface area (Å²) < 4.78 is 32.9. The Labute approximate surface area is 172 Å². The van der Waals surface area contributed by atoms with Crippen LogP contribution in [0, 0.1) is 20.8 Å². The Morgan fingerprint density at radius 2 is 1.52 bits per heavy atom. The summed E-state index contributed by atoms with van der Waals surface area (Å²) in [6.07, 6.45) is -0.306. The van der Waals surface area contributed by atoms with E-state index in [2.05, 4.69) is 5.32 Å². The Bertz CT molecular complexity index is 983. The standard InChI is InChI=1S/C22H28N2O4S/c1-14-10-15(2)21(16(3)11-14)23-22(25)19-6-8-20(9-7-19)29(26,27)24-12-17(4)28-18(5)13-24/h6-11,17-18H,12-13H2,1-5H3,(H,23,25)/t17-,18-/m0/s1. The summed E-state index contributed by atoms with van der Waals surface area (Å²) in [5.41, 5.74) is 4.32. The number of anilines is 1. The average Bonchev–Trinajstić information content (AvgIpc) is 2.63. The number of morpholine rings is 1. The summed E-state index contributed by atoms with van der Waals surface area (Å²) in [7, 11) is -3.63.